The SMILES string of the molecule is CCNC(=O)OCCOCC#CI. The molecule has 0 bridgehead atoms. The lowest BCUT2D eigenvalue weighted by Crippen LogP contribution is -2.25. The fourth-order valence-corrected chi connectivity index (χ4v) is 0.695. The number of halogens is 1. The third kappa shape index (κ3) is 9.43. The van der Waals surface area contributed by atoms with Gasteiger partial charge in [-0.15, -0.1) is 0 Å². The van der Waals surface area contributed by atoms with Gasteiger partial charge in [0.05, 0.1) is 6.61 Å². The molecule has 1 N–H and O–H groups in total. The van der Waals surface area contributed by atoms with Gasteiger partial charge >= 0.3 is 6.09 Å². The maximum atomic E-state index is 10.7. The molecule has 0 unspecified atom stereocenters. The normalized spacial score (nSPS) is 8.46. The van der Waals surface area contributed by atoms with Crippen LogP contribution in [-0.2, 0) is 9.47 Å². The molecule has 0 aliphatic rings. The van der Waals surface area contributed by atoms with E-state index in [1.807, 2.05) is 29.5 Å². The first-order chi connectivity index (χ1) is 6.31. The second-order valence-electron chi connectivity index (χ2n) is 1.99. The van der Waals surface area contributed by atoms with Gasteiger partial charge < -0.3 is 14.8 Å². The number of alkyl carbamates (subject to hydrolysis) is 1. The van der Waals surface area contributed by atoms with Gasteiger partial charge in [0.15, 0.2) is 0 Å². The standard InChI is InChI=1S/C8H12INO3/c1-2-10-8(11)13-7-6-12-5-3-4-9/h2,5-7H2,1H3,(H,10,11). The highest BCUT2D eigenvalue weighted by atomic mass is 127. The van der Waals surface area contributed by atoms with E-state index >= 15 is 0 Å². The maximum absolute atomic E-state index is 10.7. The van der Waals surface area contributed by atoms with Crippen molar-refractivity contribution in [3.05, 3.63) is 0 Å². The van der Waals surface area contributed by atoms with Crippen LogP contribution in [0.3, 0.4) is 0 Å². The molecule has 0 aromatic rings. The zero-order chi connectivity index (χ0) is 9.94. The summed E-state index contributed by atoms with van der Waals surface area (Å²) in [6.07, 6.45) is -0.411. The molecule has 0 spiro atoms. The van der Waals surface area contributed by atoms with Crippen LogP contribution in [0.4, 0.5) is 4.79 Å². The number of amides is 1. The lowest BCUT2D eigenvalue weighted by molar-refractivity contribution is 0.0875. The van der Waals surface area contributed by atoms with Gasteiger partial charge in [-0.2, -0.15) is 0 Å². The molecule has 0 rings (SSSR count). The molecule has 0 atom stereocenters. The van der Waals surface area contributed by atoms with E-state index in [1.54, 1.807) is 0 Å². The largest absolute Gasteiger partial charge is 0.447 e. The van der Waals surface area contributed by atoms with E-state index in [2.05, 4.69) is 15.2 Å². The fraction of sp³-hybridized carbons (Fsp3) is 0.625. The number of carbonyl (C=O) groups excluding carboxylic acids is 1. The molecule has 0 saturated carbocycles. The highest BCUT2D eigenvalue weighted by molar-refractivity contribution is 14.1. The van der Waals surface area contributed by atoms with Gasteiger partial charge in [0.1, 0.15) is 13.2 Å². The molecule has 4 nitrogen and oxygen atoms in total. The van der Waals surface area contributed by atoms with Crippen LogP contribution in [0.5, 0.6) is 0 Å². The highest BCUT2D eigenvalue weighted by Gasteiger charge is 1.97. The fourth-order valence-electron chi connectivity index (χ4n) is 0.539. The van der Waals surface area contributed by atoms with Crippen molar-refractivity contribution in [3.63, 3.8) is 0 Å². The van der Waals surface area contributed by atoms with Crippen LogP contribution in [0.2, 0.25) is 0 Å². The first kappa shape index (κ1) is 12.5. The summed E-state index contributed by atoms with van der Waals surface area (Å²) >= 11 is 1.93. The molecule has 5 heteroatoms. The van der Waals surface area contributed by atoms with E-state index in [0.717, 1.165) is 0 Å². The number of hydrogen-bond donors (Lipinski definition) is 1. The number of nitrogens with one attached hydrogen (secondary N) is 1. The lowest BCUT2D eigenvalue weighted by atomic mass is 10.7. The Kier molecular flexibility index (Phi) is 9.25. The van der Waals surface area contributed by atoms with Gasteiger partial charge in [-0.1, -0.05) is 5.92 Å². The van der Waals surface area contributed by atoms with Crippen molar-refractivity contribution >= 4 is 28.7 Å². The molecule has 1 amide bonds. The summed E-state index contributed by atoms with van der Waals surface area (Å²) in [7, 11) is 0. The molecule has 0 aliphatic carbocycles. The quantitative estimate of drug-likeness (QED) is 0.470. The van der Waals surface area contributed by atoms with Crippen LogP contribution < -0.4 is 5.32 Å². The Hall–Kier alpha value is -0.480. The summed E-state index contributed by atoms with van der Waals surface area (Å²) in [5, 5.41) is 2.50. The Balaban J connectivity index is 3.14. The molecular formula is C8H12INO3. The van der Waals surface area contributed by atoms with Gasteiger partial charge in [-0.05, 0) is 10.9 Å². The van der Waals surface area contributed by atoms with Crippen molar-refractivity contribution in [1.82, 2.24) is 5.32 Å². The summed E-state index contributed by atoms with van der Waals surface area (Å²) in [6, 6.07) is 0. The smallest absolute Gasteiger partial charge is 0.407 e. The number of rotatable bonds is 5. The minimum absolute atomic E-state index is 0.259. The Labute approximate surface area is 91.5 Å². The molecule has 0 radical (unpaired) electrons. The molecule has 0 heterocycles. The third-order valence-corrected chi connectivity index (χ3v) is 1.40. The van der Waals surface area contributed by atoms with Gasteiger partial charge in [0.2, 0.25) is 0 Å². The minimum atomic E-state index is -0.411. The summed E-state index contributed by atoms with van der Waals surface area (Å²) in [4.78, 5) is 10.7. The van der Waals surface area contributed by atoms with Gasteiger partial charge in [0.25, 0.3) is 0 Å². The zero-order valence-corrected chi connectivity index (χ0v) is 9.59. The molecule has 74 valence electrons. The second kappa shape index (κ2) is 9.61. The van der Waals surface area contributed by atoms with Crippen molar-refractivity contribution in [3.8, 4) is 9.85 Å². The van der Waals surface area contributed by atoms with Gasteiger partial charge in [-0.25, -0.2) is 4.79 Å². The minimum Gasteiger partial charge on any atom is -0.447 e. The molecule has 0 saturated heterocycles. The van der Waals surface area contributed by atoms with E-state index in [-0.39, 0.29) is 6.61 Å². The predicted octanol–water partition coefficient (Wildman–Crippen LogP) is 1.15. The average Bonchev–Trinajstić information content (AvgIpc) is 2.11. The maximum Gasteiger partial charge on any atom is 0.407 e. The summed E-state index contributed by atoms with van der Waals surface area (Å²) in [5.74, 6) is 2.72. The second-order valence-corrected chi connectivity index (χ2v) is 2.53. The molecule has 0 aromatic carbocycles. The number of hydrogen-bond acceptors (Lipinski definition) is 3. The summed E-state index contributed by atoms with van der Waals surface area (Å²) in [5.41, 5.74) is 0. The highest BCUT2D eigenvalue weighted by Crippen LogP contribution is 1.80. The molecular weight excluding hydrogens is 285 g/mol. The topological polar surface area (TPSA) is 47.6 Å². The van der Waals surface area contributed by atoms with Gasteiger partial charge in [0, 0.05) is 29.1 Å². The Morgan fingerprint density at radius 3 is 2.92 bits per heavy atom. The first-order valence-corrected chi connectivity index (χ1v) is 4.96. The Bertz CT molecular complexity index is 197. The van der Waals surface area contributed by atoms with E-state index in [1.165, 1.54) is 0 Å². The van der Waals surface area contributed by atoms with Crippen LogP contribution in [0.15, 0.2) is 0 Å². The zero-order valence-electron chi connectivity index (χ0n) is 7.43. The van der Waals surface area contributed by atoms with Crippen LogP contribution in [0.1, 0.15) is 6.92 Å². The molecule has 0 aromatic heterocycles. The molecule has 0 fully saturated rings. The number of ether oxygens (including phenoxy) is 2. The summed E-state index contributed by atoms with van der Waals surface area (Å²) in [6.45, 7) is 3.41. The van der Waals surface area contributed by atoms with Crippen molar-refractivity contribution < 1.29 is 14.3 Å². The van der Waals surface area contributed by atoms with Gasteiger partial charge in [-0.3, -0.25) is 0 Å². The Morgan fingerprint density at radius 2 is 2.31 bits per heavy atom. The van der Waals surface area contributed by atoms with E-state index in [0.29, 0.717) is 19.8 Å². The van der Waals surface area contributed by atoms with Crippen molar-refractivity contribution in [2.45, 2.75) is 6.92 Å². The third-order valence-electron chi connectivity index (χ3n) is 1.02. The predicted molar refractivity (Wildman–Crippen MR) is 57.6 cm³/mol. The molecule has 13 heavy (non-hydrogen) atoms. The van der Waals surface area contributed by atoms with E-state index in [4.69, 9.17) is 9.47 Å². The monoisotopic (exact) mass is 297 g/mol. The van der Waals surface area contributed by atoms with Crippen molar-refractivity contribution in [2.24, 2.45) is 0 Å². The van der Waals surface area contributed by atoms with Crippen LogP contribution in [0.25, 0.3) is 0 Å². The van der Waals surface area contributed by atoms with E-state index in [9.17, 15) is 4.79 Å². The Morgan fingerprint density at radius 1 is 1.54 bits per heavy atom. The number of carbonyl (C=O) groups is 1. The molecule has 0 aliphatic heterocycles. The van der Waals surface area contributed by atoms with E-state index < -0.39 is 6.09 Å². The van der Waals surface area contributed by atoms with Crippen molar-refractivity contribution in [1.29, 1.82) is 0 Å². The first-order valence-electron chi connectivity index (χ1n) is 3.88. The van der Waals surface area contributed by atoms with Crippen LogP contribution >= 0.6 is 22.6 Å². The average molecular weight is 297 g/mol. The van der Waals surface area contributed by atoms with Crippen LogP contribution in [0, 0.1) is 9.85 Å². The lowest BCUT2D eigenvalue weighted by Gasteiger charge is -2.04. The van der Waals surface area contributed by atoms with Crippen molar-refractivity contribution in [2.75, 3.05) is 26.4 Å². The van der Waals surface area contributed by atoms with Crippen LogP contribution in [-0.4, -0.2) is 32.5 Å². The summed E-state index contributed by atoms with van der Waals surface area (Å²) < 4.78 is 12.4.